The van der Waals surface area contributed by atoms with E-state index in [0.717, 1.165) is 50.8 Å². The zero-order valence-electron chi connectivity index (χ0n) is 24.9. The van der Waals surface area contributed by atoms with E-state index in [2.05, 4.69) is 99.9 Å². The summed E-state index contributed by atoms with van der Waals surface area (Å²) in [5.41, 5.74) is 11.8. The van der Waals surface area contributed by atoms with Crippen LogP contribution in [-0.4, -0.2) is 34.3 Å². The van der Waals surface area contributed by atoms with Gasteiger partial charge in [-0.05, 0) is 49.9 Å². The first-order chi connectivity index (χ1) is 21.5. The summed E-state index contributed by atoms with van der Waals surface area (Å²) < 4.78 is 14.6. The van der Waals surface area contributed by atoms with Gasteiger partial charge in [0.15, 0.2) is 12.8 Å². The van der Waals surface area contributed by atoms with Gasteiger partial charge in [-0.15, -0.1) is 52.6 Å². The minimum atomic E-state index is 0. The summed E-state index contributed by atoms with van der Waals surface area (Å²) in [5, 5.41) is 8.33. The molecular formula is C35H27IrN7O2-2. The summed E-state index contributed by atoms with van der Waals surface area (Å²) in [6.45, 7) is 8.38. The molecule has 8 rings (SSSR count). The van der Waals surface area contributed by atoms with Crippen molar-refractivity contribution in [2.75, 3.05) is 0 Å². The number of fused-ring (bicyclic) bond motifs is 2. The summed E-state index contributed by atoms with van der Waals surface area (Å²) >= 11 is 0. The number of rotatable bonds is 4. The molecule has 4 aromatic heterocycles. The Morgan fingerprint density at radius 2 is 1.16 bits per heavy atom. The molecular weight excluding hydrogens is 743 g/mol. The average Bonchev–Trinajstić information content (AvgIpc) is 3.84. The monoisotopic (exact) mass is 770 g/mol. The second kappa shape index (κ2) is 12.4. The van der Waals surface area contributed by atoms with Crippen molar-refractivity contribution in [3.05, 3.63) is 127 Å². The standard InChI is InChI=1S/C18H14N3O.C17H13N4O.Ir/c1-12-4-3-5-13(2)17(12)21-9-8-19-18(21)14-6-7-16-15(10-14)20-11-22-16;1-11-4-3-5-12(2)16(11)21-9-19-20-17(21)13-6-7-15-14(8-13)18-10-22-15;/h3-5,7-11H,1-2H3;3-5,7-10H,1-2H3;/q2*-1;. The zero-order chi connectivity index (χ0) is 30.2. The first kappa shape index (κ1) is 29.9. The van der Waals surface area contributed by atoms with Crippen molar-refractivity contribution in [2.24, 2.45) is 0 Å². The number of oxazole rings is 2. The van der Waals surface area contributed by atoms with E-state index in [-0.39, 0.29) is 20.1 Å². The molecule has 1 radical (unpaired) electrons. The van der Waals surface area contributed by atoms with Crippen LogP contribution in [0.3, 0.4) is 0 Å². The third kappa shape index (κ3) is 5.61. The van der Waals surface area contributed by atoms with E-state index < -0.39 is 0 Å². The van der Waals surface area contributed by atoms with Crippen LogP contribution in [0.15, 0.2) is 101 Å². The van der Waals surface area contributed by atoms with Crippen LogP contribution in [0.4, 0.5) is 0 Å². The maximum absolute atomic E-state index is 5.27. The second-order valence-electron chi connectivity index (χ2n) is 10.5. The van der Waals surface area contributed by atoms with Gasteiger partial charge in [0.1, 0.15) is 6.33 Å². The van der Waals surface area contributed by atoms with E-state index in [1.165, 1.54) is 35.0 Å². The van der Waals surface area contributed by atoms with E-state index in [1.807, 2.05) is 35.2 Å². The number of aryl methyl sites for hydroxylation is 4. The van der Waals surface area contributed by atoms with Crippen LogP contribution >= 0.6 is 0 Å². The van der Waals surface area contributed by atoms with Crippen molar-refractivity contribution in [2.45, 2.75) is 27.7 Å². The maximum Gasteiger partial charge on any atom is 0.169 e. The Kier molecular flexibility index (Phi) is 8.26. The fraction of sp³-hybridized carbons (Fsp3) is 0.114. The third-order valence-electron chi connectivity index (χ3n) is 7.56. The largest absolute Gasteiger partial charge is 0.490 e. The molecule has 0 aliphatic rings. The fourth-order valence-corrected chi connectivity index (χ4v) is 5.50. The number of para-hydroxylation sites is 2. The molecule has 0 saturated heterocycles. The molecule has 8 aromatic rings. The van der Waals surface area contributed by atoms with E-state index in [9.17, 15) is 0 Å². The van der Waals surface area contributed by atoms with E-state index in [1.54, 1.807) is 18.5 Å². The third-order valence-corrected chi connectivity index (χ3v) is 7.56. The Morgan fingerprint density at radius 3 is 1.71 bits per heavy atom. The molecule has 0 saturated carbocycles. The van der Waals surface area contributed by atoms with Gasteiger partial charge in [0.25, 0.3) is 0 Å². The molecule has 225 valence electrons. The van der Waals surface area contributed by atoms with Gasteiger partial charge in [-0.2, -0.15) is 5.10 Å². The number of aromatic nitrogens is 7. The van der Waals surface area contributed by atoms with Gasteiger partial charge < -0.3 is 18.0 Å². The molecule has 0 N–H and O–H groups in total. The van der Waals surface area contributed by atoms with Crippen molar-refractivity contribution in [1.29, 1.82) is 0 Å². The summed E-state index contributed by atoms with van der Waals surface area (Å²) in [6.07, 6.45) is 8.39. The fourth-order valence-electron chi connectivity index (χ4n) is 5.50. The Hall–Kier alpha value is -5.18. The van der Waals surface area contributed by atoms with Gasteiger partial charge in [0.05, 0.1) is 22.8 Å². The smallest absolute Gasteiger partial charge is 0.169 e. The molecule has 0 atom stereocenters. The van der Waals surface area contributed by atoms with Crippen LogP contribution in [0.25, 0.3) is 56.3 Å². The average molecular weight is 770 g/mol. The molecule has 4 aromatic carbocycles. The van der Waals surface area contributed by atoms with Crippen LogP contribution in [0.1, 0.15) is 22.3 Å². The Balaban J connectivity index is 0.000000155. The van der Waals surface area contributed by atoms with Crippen molar-refractivity contribution in [3.8, 4) is 34.2 Å². The SMILES string of the molecule is Cc1cccc(C)c1-n1ccnc1-c1[c-]cc2ocnc2c1.Cc1cccc(C)c1-n1cnnc1-c1[c-]cc2ocnc2c1.[Ir]. The van der Waals surface area contributed by atoms with Crippen molar-refractivity contribution in [3.63, 3.8) is 0 Å². The van der Waals surface area contributed by atoms with Gasteiger partial charge in [-0.1, -0.05) is 36.4 Å². The van der Waals surface area contributed by atoms with Gasteiger partial charge >= 0.3 is 0 Å². The molecule has 0 spiro atoms. The molecule has 0 bridgehead atoms. The molecule has 9 nitrogen and oxygen atoms in total. The summed E-state index contributed by atoms with van der Waals surface area (Å²) in [5.74, 6) is 1.59. The number of hydrogen-bond donors (Lipinski definition) is 0. The minimum Gasteiger partial charge on any atom is -0.490 e. The Bertz CT molecular complexity index is 2060. The van der Waals surface area contributed by atoms with E-state index in [0.29, 0.717) is 5.58 Å². The number of imidazole rings is 1. The number of nitrogens with zero attached hydrogens (tertiary/aromatic N) is 7. The van der Waals surface area contributed by atoms with Crippen molar-refractivity contribution in [1.82, 2.24) is 34.3 Å². The molecule has 0 unspecified atom stereocenters. The normalized spacial score (nSPS) is 10.9. The van der Waals surface area contributed by atoms with Crippen LogP contribution in [-0.2, 0) is 20.1 Å². The van der Waals surface area contributed by atoms with Crippen LogP contribution < -0.4 is 0 Å². The summed E-state index contributed by atoms with van der Waals surface area (Å²) in [7, 11) is 0. The van der Waals surface area contributed by atoms with Crippen molar-refractivity contribution >= 4 is 22.2 Å². The molecule has 10 heteroatoms. The minimum absolute atomic E-state index is 0. The zero-order valence-corrected chi connectivity index (χ0v) is 27.3. The van der Waals surface area contributed by atoms with Gasteiger partial charge in [0.2, 0.25) is 0 Å². The number of benzene rings is 4. The predicted molar refractivity (Wildman–Crippen MR) is 168 cm³/mol. The van der Waals surface area contributed by atoms with Gasteiger partial charge in [-0.25, -0.2) is 9.97 Å². The first-order valence-corrected chi connectivity index (χ1v) is 14.0. The Morgan fingerprint density at radius 1 is 0.644 bits per heavy atom. The number of hydrogen-bond acceptors (Lipinski definition) is 7. The predicted octanol–water partition coefficient (Wildman–Crippen LogP) is 7.59. The summed E-state index contributed by atoms with van der Waals surface area (Å²) in [4.78, 5) is 12.9. The van der Waals surface area contributed by atoms with E-state index in [4.69, 9.17) is 8.83 Å². The summed E-state index contributed by atoms with van der Waals surface area (Å²) in [6, 6.07) is 26.4. The van der Waals surface area contributed by atoms with Crippen LogP contribution in [0.2, 0.25) is 0 Å². The second-order valence-corrected chi connectivity index (χ2v) is 10.5. The quantitative estimate of drug-likeness (QED) is 0.170. The van der Waals surface area contributed by atoms with Gasteiger partial charge in [-0.3, -0.25) is 4.98 Å². The van der Waals surface area contributed by atoms with Crippen LogP contribution in [0, 0.1) is 39.8 Å². The molecule has 0 aliphatic heterocycles. The van der Waals surface area contributed by atoms with Crippen molar-refractivity contribution < 1.29 is 28.9 Å². The molecule has 0 fully saturated rings. The molecule has 0 amide bonds. The van der Waals surface area contributed by atoms with Crippen LogP contribution in [0.5, 0.6) is 0 Å². The first-order valence-electron chi connectivity index (χ1n) is 14.0. The Labute approximate surface area is 273 Å². The topological polar surface area (TPSA) is 101 Å². The molecule has 45 heavy (non-hydrogen) atoms. The molecule has 4 heterocycles. The van der Waals surface area contributed by atoms with E-state index >= 15 is 0 Å². The molecule has 0 aliphatic carbocycles. The van der Waals surface area contributed by atoms with Gasteiger partial charge in [0, 0.05) is 54.9 Å². The maximum atomic E-state index is 5.27.